The minimum Gasteiger partial charge on any atom is -0.497 e. The van der Waals surface area contributed by atoms with Crippen LogP contribution in [0.25, 0.3) is 0 Å². The number of methoxy groups -OCH3 is 1. The van der Waals surface area contributed by atoms with Gasteiger partial charge in [0.1, 0.15) is 5.75 Å². The number of hydrogen-bond acceptors (Lipinski definition) is 3. The molecule has 0 bridgehead atoms. The molecule has 3 rings (SSSR count). The molecule has 3 nitrogen and oxygen atoms in total. The summed E-state index contributed by atoms with van der Waals surface area (Å²) in [5, 5.41) is 0. The standard InChI is InChI=1S/C17H20N2O/c1-19-10-13-9-15(20-2)6-7-16(13)17(11-19)12-4-3-5-14(18)8-12/h3-9,17H,10-11,18H2,1-2H3. The molecule has 0 spiro atoms. The zero-order valence-corrected chi connectivity index (χ0v) is 12.0. The first-order chi connectivity index (χ1) is 9.67. The predicted molar refractivity (Wildman–Crippen MR) is 82.0 cm³/mol. The Morgan fingerprint density at radius 3 is 2.80 bits per heavy atom. The molecule has 0 fully saturated rings. The van der Waals surface area contributed by atoms with Gasteiger partial charge in [-0.3, -0.25) is 0 Å². The molecule has 2 aromatic rings. The zero-order valence-electron chi connectivity index (χ0n) is 12.0. The van der Waals surface area contributed by atoms with E-state index in [2.05, 4.69) is 36.2 Å². The number of nitrogens with two attached hydrogens (primary N) is 1. The van der Waals surface area contributed by atoms with Crippen molar-refractivity contribution in [1.82, 2.24) is 4.90 Å². The second-order valence-corrected chi connectivity index (χ2v) is 5.48. The second-order valence-electron chi connectivity index (χ2n) is 5.48. The van der Waals surface area contributed by atoms with Crippen LogP contribution in [0.2, 0.25) is 0 Å². The van der Waals surface area contributed by atoms with Crippen molar-refractivity contribution in [1.29, 1.82) is 0 Å². The van der Waals surface area contributed by atoms with Crippen LogP contribution in [-0.4, -0.2) is 25.6 Å². The number of benzene rings is 2. The predicted octanol–water partition coefficient (Wildman–Crippen LogP) is 2.85. The maximum Gasteiger partial charge on any atom is 0.119 e. The maximum absolute atomic E-state index is 5.93. The van der Waals surface area contributed by atoms with E-state index < -0.39 is 0 Å². The van der Waals surface area contributed by atoms with Gasteiger partial charge in [-0.05, 0) is 48.0 Å². The summed E-state index contributed by atoms with van der Waals surface area (Å²) < 4.78 is 5.34. The Morgan fingerprint density at radius 1 is 1.20 bits per heavy atom. The lowest BCUT2D eigenvalue weighted by molar-refractivity contribution is 0.294. The van der Waals surface area contributed by atoms with Crippen molar-refractivity contribution >= 4 is 5.69 Å². The van der Waals surface area contributed by atoms with E-state index in [0.717, 1.165) is 24.5 Å². The average Bonchev–Trinajstić information content (AvgIpc) is 2.45. The molecule has 2 aromatic carbocycles. The van der Waals surface area contributed by atoms with Crippen LogP contribution in [0.15, 0.2) is 42.5 Å². The van der Waals surface area contributed by atoms with Gasteiger partial charge >= 0.3 is 0 Å². The molecule has 1 aliphatic heterocycles. The van der Waals surface area contributed by atoms with Gasteiger partial charge in [0.2, 0.25) is 0 Å². The monoisotopic (exact) mass is 268 g/mol. The van der Waals surface area contributed by atoms with E-state index in [9.17, 15) is 0 Å². The van der Waals surface area contributed by atoms with Crippen molar-refractivity contribution in [3.05, 3.63) is 59.2 Å². The highest BCUT2D eigenvalue weighted by molar-refractivity contribution is 5.48. The molecule has 1 aliphatic rings. The van der Waals surface area contributed by atoms with Crippen LogP contribution in [0, 0.1) is 0 Å². The summed E-state index contributed by atoms with van der Waals surface area (Å²) in [5.74, 6) is 1.29. The number of hydrogen-bond donors (Lipinski definition) is 1. The number of nitrogens with zero attached hydrogens (tertiary/aromatic N) is 1. The molecule has 2 N–H and O–H groups in total. The van der Waals surface area contributed by atoms with E-state index in [1.165, 1.54) is 16.7 Å². The normalized spacial score (nSPS) is 18.6. The minimum absolute atomic E-state index is 0.373. The van der Waals surface area contributed by atoms with Gasteiger partial charge in [-0.15, -0.1) is 0 Å². The number of ether oxygens (including phenoxy) is 1. The number of anilines is 1. The molecule has 3 heteroatoms. The van der Waals surface area contributed by atoms with Gasteiger partial charge in [0.05, 0.1) is 7.11 Å². The molecule has 104 valence electrons. The second kappa shape index (κ2) is 5.17. The summed E-state index contributed by atoms with van der Waals surface area (Å²) in [7, 11) is 3.87. The van der Waals surface area contributed by atoms with Gasteiger partial charge < -0.3 is 15.4 Å². The summed E-state index contributed by atoms with van der Waals surface area (Å²) in [6.45, 7) is 1.98. The van der Waals surface area contributed by atoms with Gasteiger partial charge in [0, 0.05) is 24.7 Å². The van der Waals surface area contributed by atoms with E-state index in [0.29, 0.717) is 5.92 Å². The molecular formula is C17H20N2O. The van der Waals surface area contributed by atoms with E-state index in [4.69, 9.17) is 10.5 Å². The first-order valence-corrected chi connectivity index (χ1v) is 6.88. The first-order valence-electron chi connectivity index (χ1n) is 6.88. The smallest absolute Gasteiger partial charge is 0.119 e. The maximum atomic E-state index is 5.93. The van der Waals surface area contributed by atoms with Crippen LogP contribution >= 0.6 is 0 Å². The van der Waals surface area contributed by atoms with Gasteiger partial charge in [-0.2, -0.15) is 0 Å². The van der Waals surface area contributed by atoms with Gasteiger partial charge in [-0.25, -0.2) is 0 Å². The minimum atomic E-state index is 0.373. The van der Waals surface area contributed by atoms with Crippen LogP contribution in [0.3, 0.4) is 0 Å². The van der Waals surface area contributed by atoms with E-state index in [1.54, 1.807) is 7.11 Å². The molecule has 0 amide bonds. The third kappa shape index (κ3) is 2.37. The summed E-state index contributed by atoms with van der Waals surface area (Å²) >= 11 is 0. The summed E-state index contributed by atoms with van der Waals surface area (Å²) in [5.41, 5.74) is 10.8. The number of likely N-dealkylation sites (N-methyl/N-ethyl adjacent to an activating group) is 1. The number of fused-ring (bicyclic) bond motifs is 1. The summed E-state index contributed by atoms with van der Waals surface area (Å²) in [6, 6.07) is 14.6. The molecule has 1 unspecified atom stereocenters. The molecule has 0 aromatic heterocycles. The Hall–Kier alpha value is -2.00. The SMILES string of the molecule is COc1ccc2c(c1)CN(C)CC2c1cccc(N)c1. The Morgan fingerprint density at radius 2 is 2.05 bits per heavy atom. The van der Waals surface area contributed by atoms with Crippen LogP contribution < -0.4 is 10.5 Å². The number of nitrogen functional groups attached to an aromatic ring is 1. The molecule has 0 saturated carbocycles. The third-order valence-corrected chi connectivity index (χ3v) is 3.97. The lowest BCUT2D eigenvalue weighted by atomic mass is 9.84. The lowest BCUT2D eigenvalue weighted by Crippen LogP contribution is -2.31. The molecule has 20 heavy (non-hydrogen) atoms. The fourth-order valence-electron chi connectivity index (χ4n) is 3.01. The third-order valence-electron chi connectivity index (χ3n) is 3.97. The van der Waals surface area contributed by atoms with Gasteiger partial charge in [-0.1, -0.05) is 18.2 Å². The van der Waals surface area contributed by atoms with Crippen LogP contribution in [0.5, 0.6) is 5.75 Å². The summed E-state index contributed by atoms with van der Waals surface area (Å²) in [4.78, 5) is 2.34. The quantitative estimate of drug-likeness (QED) is 0.851. The van der Waals surface area contributed by atoms with E-state index in [1.807, 2.05) is 18.2 Å². The van der Waals surface area contributed by atoms with E-state index in [-0.39, 0.29) is 0 Å². The molecule has 0 radical (unpaired) electrons. The van der Waals surface area contributed by atoms with Crippen LogP contribution in [-0.2, 0) is 6.54 Å². The molecular weight excluding hydrogens is 248 g/mol. The molecule has 0 saturated heterocycles. The molecule has 1 atom stereocenters. The van der Waals surface area contributed by atoms with Crippen molar-refractivity contribution in [2.45, 2.75) is 12.5 Å². The van der Waals surface area contributed by atoms with Crippen molar-refractivity contribution < 1.29 is 4.74 Å². The van der Waals surface area contributed by atoms with Crippen molar-refractivity contribution in [2.75, 3.05) is 26.4 Å². The highest BCUT2D eigenvalue weighted by atomic mass is 16.5. The highest BCUT2D eigenvalue weighted by Crippen LogP contribution is 2.35. The van der Waals surface area contributed by atoms with Crippen molar-refractivity contribution in [2.24, 2.45) is 0 Å². The van der Waals surface area contributed by atoms with E-state index >= 15 is 0 Å². The largest absolute Gasteiger partial charge is 0.497 e. The van der Waals surface area contributed by atoms with Crippen LogP contribution in [0.4, 0.5) is 5.69 Å². The number of rotatable bonds is 2. The highest BCUT2D eigenvalue weighted by Gasteiger charge is 2.25. The van der Waals surface area contributed by atoms with Crippen molar-refractivity contribution in [3.8, 4) is 5.75 Å². The fraction of sp³-hybridized carbons (Fsp3) is 0.294. The Bertz CT molecular complexity index is 624. The fourth-order valence-corrected chi connectivity index (χ4v) is 3.01. The Balaban J connectivity index is 2.06. The Labute approximate surface area is 120 Å². The van der Waals surface area contributed by atoms with Crippen LogP contribution in [0.1, 0.15) is 22.6 Å². The summed E-state index contributed by atoms with van der Waals surface area (Å²) in [6.07, 6.45) is 0. The molecule has 0 aliphatic carbocycles. The lowest BCUT2D eigenvalue weighted by Gasteiger charge is -2.33. The van der Waals surface area contributed by atoms with Gasteiger partial charge in [0.25, 0.3) is 0 Å². The Kier molecular flexibility index (Phi) is 3.36. The average molecular weight is 268 g/mol. The van der Waals surface area contributed by atoms with Gasteiger partial charge in [0.15, 0.2) is 0 Å². The van der Waals surface area contributed by atoms with Crippen molar-refractivity contribution in [3.63, 3.8) is 0 Å². The first kappa shape index (κ1) is 13.0. The molecule has 1 heterocycles. The topological polar surface area (TPSA) is 38.5 Å². The zero-order chi connectivity index (χ0) is 14.1.